The van der Waals surface area contributed by atoms with Crippen molar-refractivity contribution in [2.75, 3.05) is 13.1 Å². The molecule has 2 aromatic carbocycles. The molecule has 2 nitrogen and oxygen atoms in total. The van der Waals surface area contributed by atoms with Crippen LogP contribution in [0.4, 0.5) is 0 Å². The molecular formula is C18H24Br2N2. The van der Waals surface area contributed by atoms with E-state index in [-0.39, 0.29) is 34.0 Å². The van der Waals surface area contributed by atoms with Crippen LogP contribution >= 0.6 is 34.0 Å². The third-order valence-corrected chi connectivity index (χ3v) is 3.96. The van der Waals surface area contributed by atoms with E-state index in [9.17, 15) is 0 Å². The highest BCUT2D eigenvalue weighted by Gasteiger charge is 2.19. The molecule has 22 heavy (non-hydrogen) atoms. The first-order valence-electron chi connectivity index (χ1n) is 7.45. The summed E-state index contributed by atoms with van der Waals surface area (Å²) in [7, 11) is 0. The van der Waals surface area contributed by atoms with Crippen molar-refractivity contribution in [3.63, 3.8) is 0 Å². The monoisotopic (exact) mass is 426 g/mol. The van der Waals surface area contributed by atoms with Gasteiger partial charge in [-0.1, -0.05) is 60.7 Å². The van der Waals surface area contributed by atoms with Gasteiger partial charge in [0.1, 0.15) is 0 Å². The Balaban J connectivity index is 0.00000121. The third-order valence-electron chi connectivity index (χ3n) is 3.96. The molecular weight excluding hydrogens is 404 g/mol. The zero-order valence-corrected chi connectivity index (χ0v) is 16.0. The summed E-state index contributed by atoms with van der Waals surface area (Å²) in [6, 6.07) is 22.5. The summed E-state index contributed by atoms with van der Waals surface area (Å²) in [5.41, 5.74) is 2.82. The Morgan fingerprint density at radius 1 is 0.636 bits per heavy atom. The fourth-order valence-electron chi connectivity index (χ4n) is 2.85. The predicted molar refractivity (Wildman–Crippen MR) is 105 cm³/mol. The second kappa shape index (κ2) is 10.2. The molecule has 2 atom stereocenters. The summed E-state index contributed by atoms with van der Waals surface area (Å²) < 4.78 is 0. The van der Waals surface area contributed by atoms with Gasteiger partial charge in [0, 0.05) is 25.2 Å². The van der Waals surface area contributed by atoms with Crippen LogP contribution in [-0.2, 0) is 12.8 Å². The molecule has 0 spiro atoms. The summed E-state index contributed by atoms with van der Waals surface area (Å²) in [5, 5.41) is 7.35. The lowest BCUT2D eigenvalue weighted by molar-refractivity contribution is 0.342. The van der Waals surface area contributed by atoms with E-state index < -0.39 is 0 Å². The van der Waals surface area contributed by atoms with E-state index in [1.165, 1.54) is 11.1 Å². The Kier molecular flexibility index (Phi) is 8.95. The van der Waals surface area contributed by atoms with Crippen molar-refractivity contribution in [2.45, 2.75) is 24.9 Å². The van der Waals surface area contributed by atoms with Crippen LogP contribution in [-0.4, -0.2) is 25.2 Å². The van der Waals surface area contributed by atoms with E-state index in [1.807, 2.05) is 0 Å². The van der Waals surface area contributed by atoms with Gasteiger partial charge >= 0.3 is 0 Å². The summed E-state index contributed by atoms with van der Waals surface area (Å²) >= 11 is 0. The van der Waals surface area contributed by atoms with Crippen molar-refractivity contribution in [1.29, 1.82) is 0 Å². The van der Waals surface area contributed by atoms with Gasteiger partial charge in [0.25, 0.3) is 0 Å². The van der Waals surface area contributed by atoms with Crippen molar-refractivity contribution in [3.8, 4) is 0 Å². The molecule has 0 bridgehead atoms. The van der Waals surface area contributed by atoms with Crippen LogP contribution in [0, 0.1) is 0 Å². The standard InChI is InChI=1S/C18H22N2.2BrH/c1-3-7-15(8-4-1)11-17-13-20-18(14-19-17)12-16-9-5-2-6-10-16;;/h1-10,17-20H,11-14H2;2*1H/t17-,18-;;/m0../s1. The number of benzene rings is 2. The minimum absolute atomic E-state index is 0. The van der Waals surface area contributed by atoms with Gasteiger partial charge < -0.3 is 10.6 Å². The normalized spacial score (nSPS) is 20.5. The molecule has 2 N–H and O–H groups in total. The fraction of sp³-hybridized carbons (Fsp3) is 0.333. The average molecular weight is 428 g/mol. The summed E-state index contributed by atoms with van der Waals surface area (Å²) in [4.78, 5) is 0. The second-order valence-electron chi connectivity index (χ2n) is 5.59. The first kappa shape index (κ1) is 19.4. The molecule has 1 aliphatic heterocycles. The molecule has 0 saturated carbocycles. The van der Waals surface area contributed by atoms with Crippen LogP contribution in [0.2, 0.25) is 0 Å². The highest BCUT2D eigenvalue weighted by molar-refractivity contribution is 8.93. The average Bonchev–Trinajstić information content (AvgIpc) is 2.51. The second-order valence-corrected chi connectivity index (χ2v) is 5.59. The van der Waals surface area contributed by atoms with Gasteiger partial charge in [-0.2, -0.15) is 0 Å². The molecule has 120 valence electrons. The Bertz CT molecular complexity index is 462. The molecule has 1 aliphatic rings. The molecule has 2 aromatic rings. The van der Waals surface area contributed by atoms with Gasteiger partial charge in [-0.05, 0) is 24.0 Å². The Morgan fingerprint density at radius 3 is 1.32 bits per heavy atom. The molecule has 0 radical (unpaired) electrons. The molecule has 0 aliphatic carbocycles. The quantitative estimate of drug-likeness (QED) is 0.779. The maximum absolute atomic E-state index is 3.68. The van der Waals surface area contributed by atoms with Crippen molar-refractivity contribution in [2.24, 2.45) is 0 Å². The van der Waals surface area contributed by atoms with Crippen molar-refractivity contribution < 1.29 is 0 Å². The maximum atomic E-state index is 3.68. The largest absolute Gasteiger partial charge is 0.311 e. The number of nitrogens with one attached hydrogen (secondary N) is 2. The smallest absolute Gasteiger partial charge is 0.0233 e. The number of piperazine rings is 1. The topological polar surface area (TPSA) is 24.1 Å². The summed E-state index contributed by atoms with van der Waals surface area (Å²) in [6.45, 7) is 2.10. The SMILES string of the molecule is Br.Br.c1ccc(C[C@H]2CN[C@@H](Cc3ccccc3)CN2)cc1. The fourth-order valence-corrected chi connectivity index (χ4v) is 2.85. The molecule has 3 rings (SSSR count). The van der Waals surface area contributed by atoms with E-state index in [0.29, 0.717) is 12.1 Å². The van der Waals surface area contributed by atoms with E-state index in [4.69, 9.17) is 0 Å². The summed E-state index contributed by atoms with van der Waals surface area (Å²) in [5.74, 6) is 0. The minimum Gasteiger partial charge on any atom is -0.311 e. The van der Waals surface area contributed by atoms with Crippen molar-refractivity contribution in [1.82, 2.24) is 10.6 Å². The van der Waals surface area contributed by atoms with Crippen LogP contribution in [0.5, 0.6) is 0 Å². The Hall–Kier alpha value is -0.680. The highest BCUT2D eigenvalue weighted by Crippen LogP contribution is 2.08. The van der Waals surface area contributed by atoms with Crippen molar-refractivity contribution >= 4 is 34.0 Å². The molecule has 1 heterocycles. The number of halogens is 2. The number of rotatable bonds is 4. The summed E-state index contributed by atoms with van der Waals surface area (Å²) in [6.07, 6.45) is 2.21. The molecule has 1 fully saturated rings. The van der Waals surface area contributed by atoms with Crippen molar-refractivity contribution in [3.05, 3.63) is 71.8 Å². The van der Waals surface area contributed by atoms with Gasteiger partial charge in [-0.25, -0.2) is 0 Å². The van der Waals surface area contributed by atoms with E-state index >= 15 is 0 Å². The zero-order chi connectivity index (χ0) is 13.6. The maximum Gasteiger partial charge on any atom is 0.0233 e. The van der Waals surface area contributed by atoms with Crippen LogP contribution in [0.15, 0.2) is 60.7 Å². The first-order valence-corrected chi connectivity index (χ1v) is 7.45. The van der Waals surface area contributed by atoms with E-state index in [0.717, 1.165) is 25.9 Å². The van der Waals surface area contributed by atoms with E-state index in [1.54, 1.807) is 0 Å². The number of hydrogen-bond acceptors (Lipinski definition) is 2. The van der Waals surface area contributed by atoms with Crippen LogP contribution in [0.3, 0.4) is 0 Å². The first-order chi connectivity index (χ1) is 9.90. The number of hydrogen-bond donors (Lipinski definition) is 2. The molecule has 0 aromatic heterocycles. The van der Waals surface area contributed by atoms with Gasteiger partial charge in [-0.3, -0.25) is 0 Å². The van der Waals surface area contributed by atoms with Gasteiger partial charge in [0.05, 0.1) is 0 Å². The van der Waals surface area contributed by atoms with Gasteiger partial charge in [0.15, 0.2) is 0 Å². The van der Waals surface area contributed by atoms with E-state index in [2.05, 4.69) is 71.3 Å². The lowest BCUT2D eigenvalue weighted by atomic mass is 10.00. The third kappa shape index (κ3) is 5.84. The lowest BCUT2D eigenvalue weighted by Crippen LogP contribution is -2.55. The van der Waals surface area contributed by atoms with Gasteiger partial charge in [0.2, 0.25) is 0 Å². The molecule has 0 amide bonds. The Labute approximate surface area is 154 Å². The molecule has 1 saturated heterocycles. The molecule has 4 heteroatoms. The predicted octanol–water partition coefficient (Wildman–Crippen LogP) is 3.56. The lowest BCUT2D eigenvalue weighted by Gasteiger charge is -2.31. The van der Waals surface area contributed by atoms with Crippen LogP contribution in [0.1, 0.15) is 11.1 Å². The molecule has 0 unspecified atom stereocenters. The minimum atomic E-state index is 0. The Morgan fingerprint density at radius 2 is 1.00 bits per heavy atom. The van der Waals surface area contributed by atoms with Crippen LogP contribution < -0.4 is 10.6 Å². The highest BCUT2D eigenvalue weighted by atomic mass is 79.9. The van der Waals surface area contributed by atoms with Gasteiger partial charge in [-0.15, -0.1) is 34.0 Å². The van der Waals surface area contributed by atoms with Crippen LogP contribution in [0.25, 0.3) is 0 Å². The zero-order valence-electron chi connectivity index (χ0n) is 12.6.